The third kappa shape index (κ3) is 2.72. The fraction of sp³-hybridized carbons (Fsp3) is 0.562. The van der Waals surface area contributed by atoms with Gasteiger partial charge in [-0.25, -0.2) is 4.79 Å². The van der Waals surface area contributed by atoms with Crippen LogP contribution in [0.1, 0.15) is 28.8 Å². The molecule has 2 aliphatic heterocycles. The van der Waals surface area contributed by atoms with Crippen LogP contribution in [0.5, 0.6) is 0 Å². The molecule has 4 heteroatoms. The van der Waals surface area contributed by atoms with E-state index in [4.69, 9.17) is 4.74 Å². The maximum atomic E-state index is 11.2. The average Bonchev–Trinajstić information content (AvgIpc) is 2.44. The van der Waals surface area contributed by atoms with E-state index in [-0.39, 0.29) is 0 Å². The second-order valence-corrected chi connectivity index (χ2v) is 6.04. The average molecular weight is 275 g/mol. The van der Waals surface area contributed by atoms with Crippen molar-refractivity contribution in [1.82, 2.24) is 4.90 Å². The molecule has 0 aromatic heterocycles. The summed E-state index contributed by atoms with van der Waals surface area (Å²) < 4.78 is 5.42. The number of hydrogen-bond donors (Lipinski definition) is 1. The number of likely N-dealkylation sites (tertiary alicyclic amines) is 1. The van der Waals surface area contributed by atoms with E-state index in [2.05, 4.69) is 4.90 Å². The van der Waals surface area contributed by atoms with Gasteiger partial charge in [0.25, 0.3) is 0 Å². The second kappa shape index (κ2) is 5.54. The van der Waals surface area contributed by atoms with Crippen LogP contribution < -0.4 is 0 Å². The topological polar surface area (TPSA) is 49.8 Å². The maximum absolute atomic E-state index is 11.2. The molecule has 1 N–H and O–H groups in total. The van der Waals surface area contributed by atoms with E-state index >= 15 is 0 Å². The molecule has 1 aromatic rings. The van der Waals surface area contributed by atoms with Gasteiger partial charge >= 0.3 is 5.97 Å². The first-order valence-corrected chi connectivity index (χ1v) is 7.30. The molecular formula is C16H21NO3. The van der Waals surface area contributed by atoms with Crippen LogP contribution >= 0.6 is 0 Å². The lowest BCUT2D eigenvalue weighted by atomic mass is 9.73. The van der Waals surface area contributed by atoms with E-state index < -0.39 is 5.97 Å². The van der Waals surface area contributed by atoms with Crippen molar-refractivity contribution < 1.29 is 14.6 Å². The van der Waals surface area contributed by atoms with E-state index in [1.165, 1.54) is 12.8 Å². The molecule has 0 saturated carbocycles. The Labute approximate surface area is 119 Å². The standard InChI is InChI=1S/C16H21NO3/c18-15(19)14-4-2-1-3-13(14)5-8-17-11-16(12-17)6-9-20-10-7-16/h1-4H,5-12H2,(H,18,19). The van der Waals surface area contributed by atoms with Crippen LogP contribution in [0, 0.1) is 5.41 Å². The molecule has 0 aliphatic carbocycles. The summed E-state index contributed by atoms with van der Waals surface area (Å²) in [5, 5.41) is 9.17. The second-order valence-electron chi connectivity index (χ2n) is 6.04. The highest BCUT2D eigenvalue weighted by atomic mass is 16.5. The van der Waals surface area contributed by atoms with Crippen molar-refractivity contribution in [3.63, 3.8) is 0 Å². The molecule has 20 heavy (non-hydrogen) atoms. The number of ether oxygens (including phenoxy) is 1. The molecule has 3 rings (SSSR count). The molecule has 0 atom stereocenters. The first-order chi connectivity index (χ1) is 9.69. The first-order valence-electron chi connectivity index (χ1n) is 7.30. The van der Waals surface area contributed by atoms with Gasteiger partial charge in [-0.05, 0) is 30.9 Å². The Morgan fingerprint density at radius 1 is 1.25 bits per heavy atom. The van der Waals surface area contributed by atoms with Gasteiger partial charge in [-0.3, -0.25) is 0 Å². The van der Waals surface area contributed by atoms with Crippen molar-refractivity contribution in [2.24, 2.45) is 5.41 Å². The zero-order valence-corrected chi connectivity index (χ0v) is 11.7. The number of carboxylic acid groups (broad SMARTS) is 1. The van der Waals surface area contributed by atoms with Gasteiger partial charge < -0.3 is 14.7 Å². The maximum Gasteiger partial charge on any atom is 0.335 e. The third-order valence-corrected chi connectivity index (χ3v) is 4.62. The molecule has 2 saturated heterocycles. The number of benzene rings is 1. The molecule has 0 unspecified atom stereocenters. The number of aromatic carboxylic acids is 1. The smallest absolute Gasteiger partial charge is 0.335 e. The Morgan fingerprint density at radius 3 is 2.65 bits per heavy atom. The molecule has 2 fully saturated rings. The number of carbonyl (C=O) groups is 1. The summed E-state index contributed by atoms with van der Waals surface area (Å²) in [6.07, 6.45) is 3.17. The van der Waals surface area contributed by atoms with Gasteiger partial charge in [-0.2, -0.15) is 0 Å². The summed E-state index contributed by atoms with van der Waals surface area (Å²) >= 11 is 0. The van der Waals surface area contributed by atoms with Gasteiger partial charge in [0, 0.05) is 38.3 Å². The van der Waals surface area contributed by atoms with Crippen molar-refractivity contribution in [3.8, 4) is 0 Å². The highest BCUT2D eigenvalue weighted by Gasteiger charge is 2.43. The van der Waals surface area contributed by atoms with Crippen LogP contribution in [0.15, 0.2) is 24.3 Å². The highest BCUT2D eigenvalue weighted by Crippen LogP contribution is 2.39. The van der Waals surface area contributed by atoms with Crippen molar-refractivity contribution in [2.45, 2.75) is 19.3 Å². The predicted molar refractivity (Wildman–Crippen MR) is 76.0 cm³/mol. The summed E-state index contributed by atoms with van der Waals surface area (Å²) in [6.45, 7) is 5.04. The summed E-state index contributed by atoms with van der Waals surface area (Å²) in [4.78, 5) is 13.6. The Bertz CT molecular complexity index is 486. The fourth-order valence-electron chi connectivity index (χ4n) is 3.41. The van der Waals surface area contributed by atoms with E-state index in [9.17, 15) is 9.90 Å². The number of nitrogens with zero attached hydrogens (tertiary/aromatic N) is 1. The largest absolute Gasteiger partial charge is 0.478 e. The molecule has 0 amide bonds. The first kappa shape index (κ1) is 13.6. The normalized spacial score (nSPS) is 21.6. The van der Waals surface area contributed by atoms with Crippen LogP contribution in [0.2, 0.25) is 0 Å². The zero-order chi connectivity index (χ0) is 14.0. The van der Waals surface area contributed by atoms with Crippen molar-refractivity contribution in [1.29, 1.82) is 0 Å². The highest BCUT2D eigenvalue weighted by molar-refractivity contribution is 5.89. The van der Waals surface area contributed by atoms with E-state index in [0.29, 0.717) is 11.0 Å². The monoisotopic (exact) mass is 275 g/mol. The lowest BCUT2D eigenvalue weighted by Gasteiger charge is -2.52. The third-order valence-electron chi connectivity index (χ3n) is 4.62. The van der Waals surface area contributed by atoms with Gasteiger partial charge in [-0.1, -0.05) is 18.2 Å². The summed E-state index contributed by atoms with van der Waals surface area (Å²) in [5.74, 6) is -0.829. The van der Waals surface area contributed by atoms with Gasteiger partial charge in [0.2, 0.25) is 0 Å². The molecule has 4 nitrogen and oxygen atoms in total. The Kier molecular flexibility index (Phi) is 3.76. The lowest BCUT2D eigenvalue weighted by molar-refractivity contribution is -0.0798. The zero-order valence-electron chi connectivity index (χ0n) is 11.7. The van der Waals surface area contributed by atoms with E-state index in [0.717, 1.165) is 44.8 Å². The lowest BCUT2D eigenvalue weighted by Crippen LogP contribution is -2.58. The summed E-state index contributed by atoms with van der Waals surface area (Å²) in [5.41, 5.74) is 1.87. The number of carboxylic acids is 1. The molecule has 2 aliphatic rings. The quantitative estimate of drug-likeness (QED) is 0.913. The van der Waals surface area contributed by atoms with Crippen molar-refractivity contribution >= 4 is 5.97 Å². The van der Waals surface area contributed by atoms with Crippen LogP contribution in [-0.2, 0) is 11.2 Å². The van der Waals surface area contributed by atoms with Crippen LogP contribution in [-0.4, -0.2) is 48.8 Å². The van der Waals surface area contributed by atoms with Crippen molar-refractivity contribution in [3.05, 3.63) is 35.4 Å². The minimum atomic E-state index is -0.829. The molecule has 1 spiro atoms. The molecule has 1 aromatic carbocycles. The van der Waals surface area contributed by atoms with Gasteiger partial charge in [0.1, 0.15) is 0 Å². The predicted octanol–water partition coefficient (Wildman–Crippen LogP) is 2.04. The van der Waals surface area contributed by atoms with Crippen LogP contribution in [0.4, 0.5) is 0 Å². The molecule has 0 bridgehead atoms. The van der Waals surface area contributed by atoms with Crippen molar-refractivity contribution in [2.75, 3.05) is 32.8 Å². The van der Waals surface area contributed by atoms with Gasteiger partial charge in [0.05, 0.1) is 5.56 Å². The Morgan fingerprint density at radius 2 is 1.95 bits per heavy atom. The molecule has 0 radical (unpaired) electrons. The summed E-state index contributed by atoms with van der Waals surface area (Å²) in [7, 11) is 0. The van der Waals surface area contributed by atoms with E-state index in [1.807, 2.05) is 12.1 Å². The SMILES string of the molecule is O=C(O)c1ccccc1CCN1CC2(CCOCC2)C1. The minimum Gasteiger partial charge on any atom is -0.478 e. The van der Waals surface area contributed by atoms with Crippen LogP contribution in [0.3, 0.4) is 0 Å². The molecule has 2 heterocycles. The number of hydrogen-bond acceptors (Lipinski definition) is 3. The van der Waals surface area contributed by atoms with Gasteiger partial charge in [0.15, 0.2) is 0 Å². The number of rotatable bonds is 4. The van der Waals surface area contributed by atoms with Crippen LogP contribution in [0.25, 0.3) is 0 Å². The minimum absolute atomic E-state index is 0.439. The summed E-state index contributed by atoms with van der Waals surface area (Å²) in [6, 6.07) is 7.31. The van der Waals surface area contributed by atoms with Gasteiger partial charge in [-0.15, -0.1) is 0 Å². The Balaban J connectivity index is 1.53. The van der Waals surface area contributed by atoms with E-state index in [1.54, 1.807) is 12.1 Å². The molecular weight excluding hydrogens is 254 g/mol. The Hall–Kier alpha value is -1.39. The fourth-order valence-corrected chi connectivity index (χ4v) is 3.41. The molecule has 108 valence electrons.